The third kappa shape index (κ3) is 2.74. The number of hydrogen-bond donors (Lipinski definition) is 2. The van der Waals surface area contributed by atoms with Crippen LogP contribution >= 0.6 is 0 Å². The van der Waals surface area contributed by atoms with E-state index < -0.39 is 5.92 Å². The van der Waals surface area contributed by atoms with Crippen molar-refractivity contribution in [1.29, 1.82) is 10.5 Å². The molecule has 3 heterocycles. The molecule has 2 N–H and O–H groups in total. The van der Waals surface area contributed by atoms with Crippen LogP contribution in [0.2, 0.25) is 0 Å². The minimum absolute atomic E-state index is 0.433. The lowest BCUT2D eigenvalue weighted by Crippen LogP contribution is -2.24. The Hall–Kier alpha value is -3.90. The summed E-state index contributed by atoms with van der Waals surface area (Å²) in [5.74, 6) is -0.433. The minimum atomic E-state index is -0.433. The molecule has 1 aromatic carbocycles. The van der Waals surface area contributed by atoms with Crippen molar-refractivity contribution in [3.63, 3.8) is 0 Å². The van der Waals surface area contributed by atoms with Crippen LogP contribution in [0, 0.1) is 29.6 Å². The summed E-state index contributed by atoms with van der Waals surface area (Å²) in [6, 6.07) is 14.3. The molecule has 2 aromatic heterocycles. The van der Waals surface area contributed by atoms with Gasteiger partial charge in [0.15, 0.2) is 0 Å². The van der Waals surface area contributed by atoms with Gasteiger partial charge in [0, 0.05) is 28.5 Å². The molecule has 1 aliphatic heterocycles. The average Bonchev–Trinajstić information content (AvgIpc) is 3.15. The Kier molecular flexibility index (Phi) is 3.95. The molecule has 0 aliphatic carbocycles. The number of nitrogens with zero attached hydrogens (tertiary/aromatic N) is 4. The number of fused-ring (bicyclic) bond motifs is 1. The topological polar surface area (TPSA) is 101 Å². The molecule has 27 heavy (non-hydrogen) atoms. The van der Waals surface area contributed by atoms with Crippen molar-refractivity contribution in [3.05, 3.63) is 76.4 Å². The molecule has 0 saturated carbocycles. The molecule has 1 aliphatic rings. The molecule has 0 saturated heterocycles. The van der Waals surface area contributed by atoms with Crippen molar-refractivity contribution in [2.75, 3.05) is 0 Å². The lowest BCUT2D eigenvalue weighted by Gasteiger charge is -2.27. The molecule has 3 aromatic rings. The SMILES string of the molecule is CC1=C(C#N)C(c2ccc3[nH]ncc3c2)C(C#N)=C(c2ccc(C)nc2)N1. The number of nitriles is 2. The van der Waals surface area contributed by atoms with E-state index in [1.807, 2.05) is 44.2 Å². The van der Waals surface area contributed by atoms with Gasteiger partial charge in [0.1, 0.15) is 0 Å². The summed E-state index contributed by atoms with van der Waals surface area (Å²) in [4.78, 5) is 4.34. The Labute approximate surface area is 156 Å². The number of aryl methyl sites for hydroxylation is 1. The summed E-state index contributed by atoms with van der Waals surface area (Å²) in [7, 11) is 0. The first-order valence-corrected chi connectivity index (χ1v) is 8.50. The van der Waals surface area contributed by atoms with Crippen LogP contribution in [0.1, 0.15) is 29.7 Å². The van der Waals surface area contributed by atoms with E-state index in [4.69, 9.17) is 0 Å². The van der Waals surface area contributed by atoms with Crippen LogP contribution in [0.15, 0.2) is 59.6 Å². The quantitative estimate of drug-likeness (QED) is 0.732. The second-order valence-corrected chi connectivity index (χ2v) is 6.51. The van der Waals surface area contributed by atoms with Crippen LogP contribution in [0.4, 0.5) is 0 Å². The largest absolute Gasteiger partial charge is 0.357 e. The molecule has 0 amide bonds. The summed E-state index contributed by atoms with van der Waals surface area (Å²) in [5.41, 5.74) is 6.00. The van der Waals surface area contributed by atoms with E-state index >= 15 is 0 Å². The summed E-state index contributed by atoms with van der Waals surface area (Å²) in [6.07, 6.45) is 3.49. The smallest absolute Gasteiger partial charge is 0.0979 e. The molecule has 6 heteroatoms. The highest BCUT2D eigenvalue weighted by atomic mass is 15.1. The zero-order valence-electron chi connectivity index (χ0n) is 14.9. The lowest BCUT2D eigenvalue weighted by atomic mass is 9.80. The fourth-order valence-corrected chi connectivity index (χ4v) is 3.41. The van der Waals surface area contributed by atoms with Gasteiger partial charge in [-0.2, -0.15) is 15.6 Å². The minimum Gasteiger partial charge on any atom is -0.357 e. The van der Waals surface area contributed by atoms with Gasteiger partial charge in [-0.15, -0.1) is 0 Å². The molecular weight excluding hydrogens is 336 g/mol. The van der Waals surface area contributed by atoms with E-state index in [0.717, 1.165) is 33.4 Å². The zero-order chi connectivity index (χ0) is 19.0. The number of dihydropyridines is 1. The summed E-state index contributed by atoms with van der Waals surface area (Å²) in [5, 5.41) is 30.9. The monoisotopic (exact) mass is 352 g/mol. The predicted octanol–water partition coefficient (Wildman–Crippen LogP) is 3.69. The molecule has 1 atom stereocenters. The maximum Gasteiger partial charge on any atom is 0.0979 e. The van der Waals surface area contributed by atoms with Gasteiger partial charge in [-0.3, -0.25) is 10.1 Å². The Morgan fingerprint density at radius 1 is 1.00 bits per heavy atom. The van der Waals surface area contributed by atoms with Crippen molar-refractivity contribution in [1.82, 2.24) is 20.5 Å². The van der Waals surface area contributed by atoms with Crippen molar-refractivity contribution in [2.45, 2.75) is 19.8 Å². The maximum absolute atomic E-state index is 9.96. The van der Waals surface area contributed by atoms with Crippen LogP contribution in [-0.4, -0.2) is 15.2 Å². The van der Waals surface area contributed by atoms with Gasteiger partial charge in [0.25, 0.3) is 0 Å². The van der Waals surface area contributed by atoms with E-state index in [-0.39, 0.29) is 0 Å². The van der Waals surface area contributed by atoms with Gasteiger partial charge in [0.2, 0.25) is 0 Å². The van der Waals surface area contributed by atoms with Gasteiger partial charge in [-0.05, 0) is 43.7 Å². The number of H-pyrrole nitrogens is 1. The molecule has 130 valence electrons. The molecule has 1 unspecified atom stereocenters. The van der Waals surface area contributed by atoms with Gasteiger partial charge < -0.3 is 5.32 Å². The van der Waals surface area contributed by atoms with Crippen LogP contribution in [0.3, 0.4) is 0 Å². The van der Waals surface area contributed by atoms with Crippen molar-refractivity contribution in [3.8, 4) is 12.1 Å². The lowest BCUT2D eigenvalue weighted by molar-refractivity contribution is 0.879. The second-order valence-electron chi connectivity index (χ2n) is 6.51. The summed E-state index contributed by atoms with van der Waals surface area (Å²) in [6.45, 7) is 3.78. The maximum atomic E-state index is 9.96. The molecule has 0 spiro atoms. The Morgan fingerprint density at radius 2 is 1.81 bits per heavy atom. The van der Waals surface area contributed by atoms with Crippen LogP contribution in [0.25, 0.3) is 16.6 Å². The van der Waals surface area contributed by atoms with Gasteiger partial charge in [0.05, 0.1) is 46.6 Å². The number of aromatic amines is 1. The highest BCUT2D eigenvalue weighted by molar-refractivity contribution is 5.81. The number of allylic oxidation sites excluding steroid dienone is 3. The Morgan fingerprint density at radius 3 is 2.52 bits per heavy atom. The number of hydrogen-bond acceptors (Lipinski definition) is 5. The first kappa shape index (κ1) is 16.6. The first-order valence-electron chi connectivity index (χ1n) is 8.50. The van der Waals surface area contributed by atoms with Crippen molar-refractivity contribution < 1.29 is 0 Å². The molecule has 6 nitrogen and oxygen atoms in total. The highest BCUT2D eigenvalue weighted by Crippen LogP contribution is 2.40. The van der Waals surface area contributed by atoms with Gasteiger partial charge in [-0.1, -0.05) is 6.07 Å². The number of rotatable bonds is 2. The molecule has 0 fully saturated rings. The predicted molar refractivity (Wildman–Crippen MR) is 102 cm³/mol. The zero-order valence-corrected chi connectivity index (χ0v) is 14.9. The molecule has 0 radical (unpaired) electrons. The van der Waals surface area contributed by atoms with Crippen LogP contribution < -0.4 is 5.32 Å². The molecular formula is C21H16N6. The Bertz CT molecular complexity index is 1180. The van der Waals surface area contributed by atoms with Crippen LogP contribution in [0.5, 0.6) is 0 Å². The average molecular weight is 352 g/mol. The summed E-state index contributed by atoms with van der Waals surface area (Å²) < 4.78 is 0. The van der Waals surface area contributed by atoms with E-state index in [2.05, 4.69) is 32.6 Å². The Balaban J connectivity index is 1.94. The number of pyridine rings is 1. The van der Waals surface area contributed by atoms with E-state index in [0.29, 0.717) is 16.8 Å². The fraction of sp³-hybridized carbons (Fsp3) is 0.143. The van der Waals surface area contributed by atoms with Crippen LogP contribution in [-0.2, 0) is 0 Å². The van der Waals surface area contributed by atoms with Crippen molar-refractivity contribution in [2.24, 2.45) is 0 Å². The standard InChI is InChI=1S/C21H16N6/c1-12-3-4-15(10-24-12)21-18(9-23)20(17(8-22)13(2)26-21)14-5-6-19-16(7-14)11-25-27-19/h3-7,10-11,20,26H,1-2H3,(H,25,27). The fourth-order valence-electron chi connectivity index (χ4n) is 3.41. The normalized spacial score (nSPS) is 16.8. The van der Waals surface area contributed by atoms with Gasteiger partial charge in [-0.25, -0.2) is 0 Å². The highest BCUT2D eigenvalue weighted by Gasteiger charge is 2.31. The third-order valence-corrected chi connectivity index (χ3v) is 4.80. The van der Waals surface area contributed by atoms with Crippen molar-refractivity contribution >= 4 is 16.6 Å². The van der Waals surface area contributed by atoms with E-state index in [1.165, 1.54) is 0 Å². The second kappa shape index (κ2) is 6.44. The number of benzene rings is 1. The van der Waals surface area contributed by atoms with Gasteiger partial charge >= 0.3 is 0 Å². The molecule has 4 rings (SSSR count). The van der Waals surface area contributed by atoms with E-state index in [1.54, 1.807) is 12.4 Å². The number of aromatic nitrogens is 3. The summed E-state index contributed by atoms with van der Waals surface area (Å²) >= 11 is 0. The third-order valence-electron chi connectivity index (χ3n) is 4.80. The first-order chi connectivity index (χ1) is 13.1. The van der Waals surface area contributed by atoms with E-state index in [9.17, 15) is 10.5 Å². The molecule has 0 bridgehead atoms. The number of nitrogens with one attached hydrogen (secondary N) is 2.